The Balaban J connectivity index is 0.000000640. The second-order valence-electron chi connectivity index (χ2n) is 1.88. The molecule has 0 radical (unpaired) electrons. The monoisotopic (exact) mass is 150 g/mol. The number of nitrogens with zero attached hydrogens (tertiary/aromatic N) is 1. The van der Waals surface area contributed by atoms with Crippen LogP contribution in [0, 0.1) is 0 Å². The van der Waals surface area contributed by atoms with Gasteiger partial charge >= 0.3 is 0 Å². The van der Waals surface area contributed by atoms with E-state index in [1.54, 1.807) is 0 Å². The van der Waals surface area contributed by atoms with Gasteiger partial charge in [-0.2, -0.15) is 0 Å². The highest BCUT2D eigenvalue weighted by Crippen LogP contribution is 1.89. The van der Waals surface area contributed by atoms with Crippen molar-refractivity contribution < 1.29 is 0 Å². The van der Waals surface area contributed by atoms with Crippen LogP contribution < -0.4 is 16.6 Å². The zero-order valence-electron chi connectivity index (χ0n) is 5.22. The summed E-state index contributed by atoms with van der Waals surface area (Å²) in [5, 5.41) is 3.02. The summed E-state index contributed by atoms with van der Waals surface area (Å²) in [6.07, 6.45) is 0. The lowest BCUT2D eigenvalue weighted by Crippen LogP contribution is -2.41. The number of guanidine groups is 1. The summed E-state index contributed by atoms with van der Waals surface area (Å²) in [6, 6.07) is 0.432. The molecule has 0 bridgehead atoms. The van der Waals surface area contributed by atoms with Crippen LogP contribution in [0.4, 0.5) is 0 Å². The van der Waals surface area contributed by atoms with E-state index in [4.69, 9.17) is 5.84 Å². The maximum absolute atomic E-state index is 5.05. The molecule has 1 aliphatic rings. The van der Waals surface area contributed by atoms with E-state index in [1.807, 2.05) is 6.92 Å². The predicted octanol–water partition coefficient (Wildman–Crippen LogP) is -0.781. The van der Waals surface area contributed by atoms with E-state index >= 15 is 0 Å². The first kappa shape index (κ1) is 8.52. The molecule has 0 saturated heterocycles. The van der Waals surface area contributed by atoms with Crippen LogP contribution in [-0.4, -0.2) is 18.5 Å². The summed E-state index contributed by atoms with van der Waals surface area (Å²) in [5.74, 6) is 5.74. The molecule has 4 N–H and O–H groups in total. The molecule has 0 fully saturated rings. The molecule has 0 aromatic carbocycles. The number of nitrogens with one attached hydrogen (secondary N) is 2. The molecule has 4 nitrogen and oxygen atoms in total. The van der Waals surface area contributed by atoms with Gasteiger partial charge in [0, 0.05) is 6.04 Å². The van der Waals surface area contributed by atoms with Gasteiger partial charge < -0.3 is 5.32 Å². The fourth-order valence-corrected chi connectivity index (χ4v) is 0.640. The zero-order chi connectivity index (χ0) is 5.98. The van der Waals surface area contributed by atoms with Gasteiger partial charge in [-0.25, -0.2) is 5.84 Å². The van der Waals surface area contributed by atoms with Crippen LogP contribution in [0.2, 0.25) is 0 Å². The molecule has 0 aromatic rings. The number of hydrazine groups is 1. The third-order valence-electron chi connectivity index (χ3n) is 1.04. The van der Waals surface area contributed by atoms with Crippen LogP contribution in [0.1, 0.15) is 6.92 Å². The van der Waals surface area contributed by atoms with E-state index in [0.29, 0.717) is 12.0 Å². The van der Waals surface area contributed by atoms with Gasteiger partial charge in [0.05, 0.1) is 6.54 Å². The Morgan fingerprint density at radius 3 is 2.78 bits per heavy atom. The molecule has 9 heavy (non-hydrogen) atoms. The number of rotatable bonds is 0. The van der Waals surface area contributed by atoms with Crippen LogP contribution in [0.3, 0.4) is 0 Å². The summed E-state index contributed by atoms with van der Waals surface area (Å²) in [6.45, 7) is 2.87. The number of hydrogen-bond donors (Lipinski definition) is 3. The summed E-state index contributed by atoms with van der Waals surface area (Å²) in [5.41, 5.74) is 2.43. The molecule has 0 aromatic heterocycles. The maximum Gasteiger partial charge on any atom is 0.206 e. The van der Waals surface area contributed by atoms with Crippen LogP contribution >= 0.6 is 12.4 Å². The van der Waals surface area contributed by atoms with E-state index in [1.165, 1.54) is 0 Å². The molecule has 0 saturated carbocycles. The number of nitrogens with two attached hydrogens (primary N) is 1. The van der Waals surface area contributed by atoms with E-state index in [-0.39, 0.29) is 12.4 Å². The Hall–Kier alpha value is -0.480. The van der Waals surface area contributed by atoms with Gasteiger partial charge in [0.1, 0.15) is 0 Å². The lowest BCUT2D eigenvalue weighted by Gasteiger charge is -2.02. The smallest absolute Gasteiger partial charge is 0.206 e. The lowest BCUT2D eigenvalue weighted by atomic mass is 10.4. The summed E-state index contributed by atoms with van der Waals surface area (Å²) >= 11 is 0. The standard InChI is InChI=1S/C4H10N4.ClH/c1-3-2-6-4(7-3)8-5;/h3H,2,5H2,1H3,(H2,6,7,8);1H. The first-order valence-corrected chi connectivity index (χ1v) is 2.60. The van der Waals surface area contributed by atoms with Gasteiger partial charge in [0.15, 0.2) is 0 Å². The van der Waals surface area contributed by atoms with Crippen molar-refractivity contribution in [1.82, 2.24) is 10.7 Å². The molecule has 0 aliphatic carbocycles. The molecule has 54 valence electrons. The van der Waals surface area contributed by atoms with Gasteiger partial charge in [-0.15, -0.1) is 12.4 Å². The molecule has 0 amide bonds. The van der Waals surface area contributed by atoms with Crippen LogP contribution in [0.5, 0.6) is 0 Å². The predicted molar refractivity (Wildman–Crippen MR) is 39.5 cm³/mol. The fraction of sp³-hybridized carbons (Fsp3) is 0.750. The third-order valence-corrected chi connectivity index (χ3v) is 1.04. The van der Waals surface area contributed by atoms with Crippen molar-refractivity contribution in [3.63, 3.8) is 0 Å². The van der Waals surface area contributed by atoms with Gasteiger partial charge in [-0.3, -0.25) is 10.4 Å². The van der Waals surface area contributed by atoms with Gasteiger partial charge in [-0.05, 0) is 6.92 Å². The van der Waals surface area contributed by atoms with Crippen molar-refractivity contribution in [2.45, 2.75) is 13.0 Å². The molecular weight excluding hydrogens is 140 g/mol. The van der Waals surface area contributed by atoms with E-state index in [0.717, 1.165) is 6.54 Å². The maximum atomic E-state index is 5.05. The number of aliphatic imine (C=N–C) groups is 1. The largest absolute Gasteiger partial charge is 0.351 e. The fourth-order valence-electron chi connectivity index (χ4n) is 0.640. The highest BCUT2D eigenvalue weighted by molar-refractivity contribution is 5.85. The molecule has 1 rings (SSSR count). The van der Waals surface area contributed by atoms with Crippen molar-refractivity contribution in [1.29, 1.82) is 0 Å². The Bertz CT molecular complexity index is 113. The normalized spacial score (nSPS) is 23.8. The molecule has 5 heteroatoms. The minimum atomic E-state index is 0. The van der Waals surface area contributed by atoms with E-state index < -0.39 is 0 Å². The Morgan fingerprint density at radius 2 is 2.56 bits per heavy atom. The minimum absolute atomic E-state index is 0. The summed E-state index contributed by atoms with van der Waals surface area (Å²) in [4.78, 5) is 4.00. The third kappa shape index (κ3) is 2.07. The average molecular weight is 151 g/mol. The number of hydrogen-bond acceptors (Lipinski definition) is 4. The highest BCUT2D eigenvalue weighted by atomic mass is 35.5. The summed E-state index contributed by atoms with van der Waals surface area (Å²) in [7, 11) is 0. The van der Waals surface area contributed by atoms with Crippen LogP contribution in [0.25, 0.3) is 0 Å². The average Bonchev–Trinajstić information content (AvgIpc) is 2.14. The molecular formula is C4H11ClN4. The molecule has 1 heterocycles. The molecule has 1 aliphatic heterocycles. The minimum Gasteiger partial charge on any atom is -0.351 e. The quantitative estimate of drug-likeness (QED) is 0.314. The highest BCUT2D eigenvalue weighted by Gasteiger charge is 2.09. The van der Waals surface area contributed by atoms with Crippen LogP contribution in [-0.2, 0) is 0 Å². The van der Waals surface area contributed by atoms with Crippen molar-refractivity contribution in [2.75, 3.05) is 6.54 Å². The first-order valence-electron chi connectivity index (χ1n) is 2.60. The SMILES string of the molecule is CC1CN=C(NN)N1.Cl. The van der Waals surface area contributed by atoms with E-state index in [9.17, 15) is 0 Å². The van der Waals surface area contributed by atoms with Crippen molar-refractivity contribution in [3.8, 4) is 0 Å². The van der Waals surface area contributed by atoms with Crippen LogP contribution in [0.15, 0.2) is 4.99 Å². The van der Waals surface area contributed by atoms with Crippen molar-refractivity contribution >= 4 is 18.4 Å². The molecule has 1 unspecified atom stereocenters. The van der Waals surface area contributed by atoms with Crippen molar-refractivity contribution in [3.05, 3.63) is 0 Å². The Kier molecular flexibility index (Phi) is 3.34. The second-order valence-corrected chi connectivity index (χ2v) is 1.88. The topological polar surface area (TPSA) is 62.4 Å². The van der Waals surface area contributed by atoms with Gasteiger partial charge in [-0.1, -0.05) is 0 Å². The second kappa shape index (κ2) is 3.53. The van der Waals surface area contributed by atoms with Gasteiger partial charge in [0.25, 0.3) is 0 Å². The Morgan fingerprint density at radius 1 is 1.89 bits per heavy atom. The first-order chi connectivity index (χ1) is 3.83. The van der Waals surface area contributed by atoms with Gasteiger partial charge in [0.2, 0.25) is 5.96 Å². The zero-order valence-corrected chi connectivity index (χ0v) is 6.03. The van der Waals surface area contributed by atoms with E-state index in [2.05, 4.69) is 15.7 Å². The van der Waals surface area contributed by atoms with Crippen molar-refractivity contribution in [2.24, 2.45) is 10.8 Å². The Labute approximate surface area is 60.3 Å². The summed E-state index contributed by atoms with van der Waals surface area (Å²) < 4.78 is 0. The molecule has 1 atom stereocenters. The lowest BCUT2D eigenvalue weighted by molar-refractivity contribution is 0.716. The molecule has 0 spiro atoms. The number of halogens is 1.